The lowest BCUT2D eigenvalue weighted by molar-refractivity contribution is 1.04. The van der Waals surface area contributed by atoms with Gasteiger partial charge in [-0.25, -0.2) is 4.98 Å². The molecule has 0 aliphatic heterocycles. The van der Waals surface area contributed by atoms with E-state index in [0.29, 0.717) is 0 Å². The maximum atomic E-state index is 4.54. The maximum absolute atomic E-state index is 4.54. The van der Waals surface area contributed by atoms with Gasteiger partial charge in [0.2, 0.25) is 5.13 Å². The van der Waals surface area contributed by atoms with E-state index in [2.05, 4.69) is 77.1 Å². The second kappa shape index (κ2) is 6.06. The fourth-order valence-electron chi connectivity index (χ4n) is 2.03. The highest BCUT2D eigenvalue weighted by atomic mass is 32.1. The van der Waals surface area contributed by atoms with Gasteiger partial charge in [-0.05, 0) is 31.5 Å². The number of benzene rings is 2. The summed E-state index contributed by atoms with van der Waals surface area (Å²) in [4.78, 5) is 4.54. The summed E-state index contributed by atoms with van der Waals surface area (Å²) < 4.78 is 4.42. The lowest BCUT2D eigenvalue weighted by atomic mass is 10.1. The van der Waals surface area contributed by atoms with Gasteiger partial charge >= 0.3 is 0 Å². The van der Waals surface area contributed by atoms with Crippen LogP contribution in [0.4, 0.5) is 10.8 Å². The quantitative estimate of drug-likeness (QED) is 0.770. The molecule has 2 aromatic carbocycles. The van der Waals surface area contributed by atoms with Gasteiger partial charge in [0.05, 0.1) is 0 Å². The number of aromatic nitrogens is 2. The summed E-state index contributed by atoms with van der Waals surface area (Å²) in [6.45, 7) is 4.17. The summed E-state index contributed by atoms with van der Waals surface area (Å²) in [5.74, 6) is 0.860. The van der Waals surface area contributed by atoms with Gasteiger partial charge in [0, 0.05) is 23.6 Å². The third kappa shape index (κ3) is 3.67. The Labute approximate surface area is 128 Å². The Morgan fingerprint density at radius 1 is 0.905 bits per heavy atom. The molecule has 0 atom stereocenters. The maximum Gasteiger partial charge on any atom is 0.207 e. The predicted octanol–water partition coefficient (Wildman–Crippen LogP) is 4.49. The third-order valence-corrected chi connectivity index (χ3v) is 3.92. The van der Waals surface area contributed by atoms with Crippen LogP contribution in [-0.2, 0) is 6.42 Å². The second-order valence-corrected chi connectivity index (χ2v) is 5.92. The average Bonchev–Trinajstić information content (AvgIpc) is 2.91. The van der Waals surface area contributed by atoms with Crippen molar-refractivity contribution in [3.05, 3.63) is 71.0 Å². The van der Waals surface area contributed by atoms with Gasteiger partial charge in [-0.1, -0.05) is 47.5 Å². The lowest BCUT2D eigenvalue weighted by Crippen LogP contribution is -1.93. The monoisotopic (exact) mass is 295 g/mol. The summed E-state index contributed by atoms with van der Waals surface area (Å²) in [6, 6.07) is 16.8. The number of anilines is 2. The van der Waals surface area contributed by atoms with Gasteiger partial charge in [-0.3, -0.25) is 0 Å². The van der Waals surface area contributed by atoms with Crippen LogP contribution in [0.3, 0.4) is 0 Å². The third-order valence-electron chi connectivity index (χ3n) is 3.25. The lowest BCUT2D eigenvalue weighted by Gasteiger charge is -2.01. The van der Waals surface area contributed by atoms with E-state index in [0.717, 1.165) is 23.1 Å². The zero-order valence-corrected chi connectivity index (χ0v) is 12.9. The summed E-state index contributed by atoms with van der Waals surface area (Å²) in [6.07, 6.45) is 0.770. The van der Waals surface area contributed by atoms with Crippen molar-refractivity contribution in [1.82, 2.24) is 9.36 Å². The number of rotatable bonds is 4. The zero-order chi connectivity index (χ0) is 14.7. The van der Waals surface area contributed by atoms with Crippen molar-refractivity contribution in [2.45, 2.75) is 20.3 Å². The Morgan fingerprint density at radius 2 is 1.52 bits per heavy atom. The van der Waals surface area contributed by atoms with Crippen molar-refractivity contribution >= 4 is 22.4 Å². The van der Waals surface area contributed by atoms with Crippen LogP contribution in [0.2, 0.25) is 0 Å². The molecule has 0 saturated carbocycles. The number of aryl methyl sites for hydroxylation is 2. The van der Waals surface area contributed by atoms with Crippen molar-refractivity contribution < 1.29 is 0 Å². The largest absolute Gasteiger partial charge is 0.330 e. The molecule has 3 aromatic rings. The standard InChI is InChI=1S/C17H17N3S/c1-12-3-7-14(8-4-12)11-16-19-17(21-20-16)18-15-9-5-13(2)6-10-15/h3-10H,11H2,1-2H3,(H,18,19,20). The van der Waals surface area contributed by atoms with Crippen LogP contribution >= 0.6 is 11.5 Å². The molecule has 0 aliphatic carbocycles. The molecule has 0 amide bonds. The molecule has 4 heteroatoms. The minimum Gasteiger partial charge on any atom is -0.330 e. The first-order valence-electron chi connectivity index (χ1n) is 6.91. The average molecular weight is 295 g/mol. The molecule has 1 N–H and O–H groups in total. The van der Waals surface area contributed by atoms with E-state index in [1.165, 1.54) is 28.2 Å². The first-order chi connectivity index (χ1) is 10.2. The van der Waals surface area contributed by atoms with Gasteiger partial charge in [0.15, 0.2) is 0 Å². The van der Waals surface area contributed by atoms with Crippen LogP contribution in [-0.4, -0.2) is 9.36 Å². The Hall–Kier alpha value is -2.20. The molecule has 1 heterocycles. The highest BCUT2D eigenvalue weighted by molar-refractivity contribution is 7.09. The summed E-state index contributed by atoms with van der Waals surface area (Å²) in [5, 5.41) is 4.13. The number of nitrogens with one attached hydrogen (secondary N) is 1. The van der Waals surface area contributed by atoms with Gasteiger partial charge < -0.3 is 5.32 Å². The molecular formula is C17H17N3S. The van der Waals surface area contributed by atoms with Gasteiger partial charge in [-0.2, -0.15) is 4.37 Å². The van der Waals surface area contributed by atoms with Crippen molar-refractivity contribution in [2.24, 2.45) is 0 Å². The minimum atomic E-state index is 0.770. The molecule has 0 fully saturated rings. The Bertz CT molecular complexity index is 653. The summed E-state index contributed by atoms with van der Waals surface area (Å²) in [5.41, 5.74) is 4.79. The van der Waals surface area contributed by atoms with E-state index in [4.69, 9.17) is 0 Å². The van der Waals surface area contributed by atoms with E-state index in [1.54, 1.807) is 0 Å². The Balaban J connectivity index is 1.68. The van der Waals surface area contributed by atoms with Crippen molar-refractivity contribution in [2.75, 3.05) is 5.32 Å². The number of hydrogen-bond donors (Lipinski definition) is 1. The Kier molecular flexibility index (Phi) is 3.97. The molecule has 0 radical (unpaired) electrons. The SMILES string of the molecule is Cc1ccc(Cc2nsc(Nc3ccc(C)cc3)n2)cc1. The van der Waals surface area contributed by atoms with Gasteiger partial charge in [0.25, 0.3) is 0 Å². The van der Waals surface area contributed by atoms with Gasteiger partial charge in [-0.15, -0.1) is 0 Å². The van der Waals surface area contributed by atoms with Crippen LogP contribution < -0.4 is 5.32 Å². The number of nitrogens with zero attached hydrogens (tertiary/aromatic N) is 2. The van der Waals surface area contributed by atoms with Crippen molar-refractivity contribution in [1.29, 1.82) is 0 Å². The normalized spacial score (nSPS) is 10.6. The molecule has 0 aliphatic rings. The molecule has 1 aromatic heterocycles. The van der Waals surface area contributed by atoms with Crippen molar-refractivity contribution in [3.63, 3.8) is 0 Å². The van der Waals surface area contributed by atoms with E-state index in [1.807, 2.05) is 0 Å². The molecule has 0 bridgehead atoms. The molecule has 0 unspecified atom stereocenters. The molecular weight excluding hydrogens is 278 g/mol. The summed E-state index contributed by atoms with van der Waals surface area (Å²) >= 11 is 1.40. The van der Waals surface area contributed by atoms with Gasteiger partial charge in [0.1, 0.15) is 5.82 Å². The first-order valence-corrected chi connectivity index (χ1v) is 7.68. The van der Waals surface area contributed by atoms with Crippen LogP contribution in [0.5, 0.6) is 0 Å². The van der Waals surface area contributed by atoms with Crippen LogP contribution in [0.15, 0.2) is 48.5 Å². The van der Waals surface area contributed by atoms with Crippen LogP contribution in [0.1, 0.15) is 22.5 Å². The zero-order valence-electron chi connectivity index (χ0n) is 12.1. The molecule has 0 spiro atoms. The minimum absolute atomic E-state index is 0.770. The molecule has 0 saturated heterocycles. The summed E-state index contributed by atoms with van der Waals surface area (Å²) in [7, 11) is 0. The predicted molar refractivity (Wildman–Crippen MR) is 88.4 cm³/mol. The Morgan fingerprint density at radius 3 is 2.19 bits per heavy atom. The van der Waals surface area contributed by atoms with E-state index in [9.17, 15) is 0 Å². The highest BCUT2D eigenvalue weighted by Crippen LogP contribution is 2.20. The number of hydrogen-bond acceptors (Lipinski definition) is 4. The molecule has 106 valence electrons. The van der Waals surface area contributed by atoms with E-state index >= 15 is 0 Å². The van der Waals surface area contributed by atoms with Crippen molar-refractivity contribution in [3.8, 4) is 0 Å². The van der Waals surface area contributed by atoms with E-state index < -0.39 is 0 Å². The fourth-order valence-corrected chi connectivity index (χ4v) is 2.63. The first kappa shape index (κ1) is 13.8. The topological polar surface area (TPSA) is 37.8 Å². The molecule has 3 nitrogen and oxygen atoms in total. The smallest absolute Gasteiger partial charge is 0.207 e. The molecule has 3 rings (SSSR count). The molecule has 21 heavy (non-hydrogen) atoms. The van der Waals surface area contributed by atoms with Crippen LogP contribution in [0.25, 0.3) is 0 Å². The second-order valence-electron chi connectivity index (χ2n) is 5.17. The van der Waals surface area contributed by atoms with E-state index in [-0.39, 0.29) is 0 Å². The fraction of sp³-hybridized carbons (Fsp3) is 0.176. The van der Waals surface area contributed by atoms with Crippen LogP contribution in [0, 0.1) is 13.8 Å². The highest BCUT2D eigenvalue weighted by Gasteiger charge is 2.05.